The number of likely N-dealkylation sites (tertiary alicyclic amines) is 2. The van der Waals surface area contributed by atoms with Gasteiger partial charge in [0.1, 0.15) is 5.60 Å². The summed E-state index contributed by atoms with van der Waals surface area (Å²) in [5.41, 5.74) is -0.410. The average molecular weight is 354 g/mol. The van der Waals surface area contributed by atoms with Gasteiger partial charge in [-0.2, -0.15) is 0 Å². The Morgan fingerprint density at radius 3 is 2.32 bits per heavy atom. The Morgan fingerprint density at radius 1 is 1.04 bits per heavy atom. The second kappa shape index (κ2) is 9.77. The topological polar surface area (TPSA) is 44.8 Å². The molecule has 2 saturated heterocycles. The van der Waals surface area contributed by atoms with Gasteiger partial charge in [0.2, 0.25) is 0 Å². The van der Waals surface area contributed by atoms with Crippen LogP contribution in [0.25, 0.3) is 0 Å². The maximum atomic E-state index is 12.3. The van der Waals surface area contributed by atoms with Crippen LogP contribution in [0.5, 0.6) is 0 Å². The highest BCUT2D eigenvalue weighted by atomic mass is 16.6. The molecule has 5 nitrogen and oxygen atoms in total. The number of carbonyl (C=O) groups is 1. The van der Waals surface area contributed by atoms with Gasteiger partial charge in [0, 0.05) is 25.2 Å². The number of ether oxygens (including phenoxy) is 1. The molecule has 0 aromatic rings. The molecule has 2 rings (SSSR count). The van der Waals surface area contributed by atoms with Crippen molar-refractivity contribution in [3.63, 3.8) is 0 Å². The molecule has 5 heteroatoms. The van der Waals surface area contributed by atoms with Crippen molar-refractivity contribution < 1.29 is 9.53 Å². The molecule has 2 aliphatic rings. The van der Waals surface area contributed by atoms with Crippen molar-refractivity contribution in [3.8, 4) is 0 Å². The van der Waals surface area contributed by atoms with Gasteiger partial charge in [0.05, 0.1) is 0 Å². The largest absolute Gasteiger partial charge is 0.444 e. The molecule has 0 aliphatic carbocycles. The minimum Gasteiger partial charge on any atom is -0.444 e. The number of piperidine rings is 1. The maximum absolute atomic E-state index is 12.3. The minimum absolute atomic E-state index is 0.155. The second-order valence-corrected chi connectivity index (χ2v) is 8.73. The number of nitrogens with zero attached hydrogens (tertiary/aromatic N) is 2. The molecule has 0 spiro atoms. The first-order valence-electron chi connectivity index (χ1n) is 10.3. The van der Waals surface area contributed by atoms with E-state index in [1.807, 2.05) is 25.7 Å². The van der Waals surface area contributed by atoms with E-state index in [0.29, 0.717) is 12.1 Å². The highest BCUT2D eigenvalue weighted by Crippen LogP contribution is 2.18. The molecule has 2 heterocycles. The Balaban J connectivity index is 1.70. The van der Waals surface area contributed by atoms with Crippen LogP contribution < -0.4 is 5.32 Å². The third-order valence-corrected chi connectivity index (χ3v) is 5.27. The fourth-order valence-corrected chi connectivity index (χ4v) is 3.81. The molecule has 0 aromatic carbocycles. The number of hydrogen-bond acceptors (Lipinski definition) is 4. The standard InChI is InChI=1S/C20H39N3O2/c1-5-6-12-22-14-9-18(10-15-22)21-17-8-7-13-23(16-11-17)19(24)25-20(2,3)4/h17-18,21H,5-16H2,1-4H3. The van der Waals surface area contributed by atoms with Gasteiger partial charge in [-0.15, -0.1) is 0 Å². The van der Waals surface area contributed by atoms with E-state index in [1.54, 1.807) is 0 Å². The Morgan fingerprint density at radius 2 is 1.68 bits per heavy atom. The third-order valence-electron chi connectivity index (χ3n) is 5.27. The van der Waals surface area contributed by atoms with Gasteiger partial charge in [-0.1, -0.05) is 13.3 Å². The molecule has 1 unspecified atom stereocenters. The summed E-state index contributed by atoms with van der Waals surface area (Å²) >= 11 is 0. The zero-order valence-corrected chi connectivity index (χ0v) is 16.9. The number of amides is 1. The summed E-state index contributed by atoms with van der Waals surface area (Å²) in [6.45, 7) is 13.4. The van der Waals surface area contributed by atoms with Crippen LogP contribution >= 0.6 is 0 Å². The highest BCUT2D eigenvalue weighted by Gasteiger charge is 2.27. The van der Waals surface area contributed by atoms with Crippen molar-refractivity contribution in [2.24, 2.45) is 0 Å². The lowest BCUT2D eigenvalue weighted by molar-refractivity contribution is 0.0256. The molecule has 0 bridgehead atoms. The number of rotatable bonds is 5. The molecule has 1 amide bonds. The van der Waals surface area contributed by atoms with Crippen molar-refractivity contribution in [1.29, 1.82) is 0 Å². The predicted octanol–water partition coefficient (Wildman–Crippen LogP) is 3.63. The summed E-state index contributed by atoms with van der Waals surface area (Å²) in [5, 5.41) is 3.88. The number of nitrogens with one attached hydrogen (secondary N) is 1. The lowest BCUT2D eigenvalue weighted by atomic mass is 10.0. The van der Waals surface area contributed by atoms with Crippen LogP contribution in [0.15, 0.2) is 0 Å². The zero-order chi connectivity index (χ0) is 18.3. The van der Waals surface area contributed by atoms with Crippen LogP contribution in [0.1, 0.15) is 72.6 Å². The molecule has 0 aromatic heterocycles. The predicted molar refractivity (Wildman–Crippen MR) is 103 cm³/mol. The summed E-state index contributed by atoms with van der Waals surface area (Å²) in [7, 11) is 0. The van der Waals surface area contributed by atoms with Crippen LogP contribution in [0.2, 0.25) is 0 Å². The van der Waals surface area contributed by atoms with E-state index in [0.717, 1.165) is 32.4 Å². The number of hydrogen-bond donors (Lipinski definition) is 1. The third kappa shape index (κ3) is 7.53. The van der Waals surface area contributed by atoms with E-state index in [4.69, 9.17) is 4.74 Å². The van der Waals surface area contributed by atoms with Gasteiger partial charge >= 0.3 is 6.09 Å². The van der Waals surface area contributed by atoms with Crippen LogP contribution in [-0.2, 0) is 4.74 Å². The molecule has 2 fully saturated rings. The molecule has 146 valence electrons. The summed E-state index contributed by atoms with van der Waals surface area (Å²) in [6, 6.07) is 1.19. The zero-order valence-electron chi connectivity index (χ0n) is 16.9. The van der Waals surface area contributed by atoms with Gasteiger partial charge < -0.3 is 19.9 Å². The molecule has 1 N–H and O–H groups in total. The minimum atomic E-state index is -0.410. The Labute approximate surface area is 154 Å². The van der Waals surface area contributed by atoms with Gasteiger partial charge in [0.25, 0.3) is 0 Å². The van der Waals surface area contributed by atoms with E-state index in [9.17, 15) is 4.79 Å². The van der Waals surface area contributed by atoms with Crippen LogP contribution in [0, 0.1) is 0 Å². The van der Waals surface area contributed by atoms with Gasteiger partial charge in [-0.25, -0.2) is 4.79 Å². The maximum Gasteiger partial charge on any atom is 0.410 e. The quantitative estimate of drug-likeness (QED) is 0.820. The molecular formula is C20H39N3O2. The normalized spacial score (nSPS) is 24.2. The van der Waals surface area contributed by atoms with Gasteiger partial charge in [-0.05, 0) is 78.9 Å². The fraction of sp³-hybridized carbons (Fsp3) is 0.950. The molecule has 0 radical (unpaired) electrons. The first kappa shape index (κ1) is 20.5. The second-order valence-electron chi connectivity index (χ2n) is 8.73. The molecular weight excluding hydrogens is 314 g/mol. The van der Waals surface area contributed by atoms with Crippen molar-refractivity contribution >= 4 is 6.09 Å². The van der Waals surface area contributed by atoms with E-state index in [1.165, 1.54) is 45.3 Å². The summed E-state index contributed by atoms with van der Waals surface area (Å²) in [5.74, 6) is 0. The van der Waals surface area contributed by atoms with E-state index in [2.05, 4.69) is 17.1 Å². The van der Waals surface area contributed by atoms with Crippen molar-refractivity contribution in [2.75, 3.05) is 32.7 Å². The number of carbonyl (C=O) groups excluding carboxylic acids is 1. The van der Waals surface area contributed by atoms with E-state index >= 15 is 0 Å². The monoisotopic (exact) mass is 353 g/mol. The van der Waals surface area contributed by atoms with Crippen molar-refractivity contribution in [1.82, 2.24) is 15.1 Å². The van der Waals surface area contributed by atoms with E-state index < -0.39 is 5.60 Å². The molecule has 1 atom stereocenters. The summed E-state index contributed by atoms with van der Waals surface area (Å²) < 4.78 is 5.52. The molecule has 25 heavy (non-hydrogen) atoms. The molecule has 0 saturated carbocycles. The Kier molecular flexibility index (Phi) is 8.01. The average Bonchev–Trinajstić information content (AvgIpc) is 2.78. The van der Waals surface area contributed by atoms with Crippen molar-refractivity contribution in [2.45, 2.75) is 90.3 Å². The molecule has 2 aliphatic heterocycles. The first-order chi connectivity index (χ1) is 11.9. The SMILES string of the molecule is CCCCN1CCC(NC2CCCN(C(=O)OC(C)(C)C)CC2)CC1. The van der Waals surface area contributed by atoms with E-state index in [-0.39, 0.29) is 6.09 Å². The van der Waals surface area contributed by atoms with Crippen LogP contribution in [-0.4, -0.2) is 66.3 Å². The Hall–Kier alpha value is -0.810. The smallest absolute Gasteiger partial charge is 0.410 e. The first-order valence-corrected chi connectivity index (χ1v) is 10.3. The summed E-state index contributed by atoms with van der Waals surface area (Å²) in [6.07, 6.45) is 8.23. The van der Waals surface area contributed by atoms with Crippen molar-refractivity contribution in [3.05, 3.63) is 0 Å². The van der Waals surface area contributed by atoms with Gasteiger partial charge in [-0.3, -0.25) is 0 Å². The lowest BCUT2D eigenvalue weighted by Crippen LogP contribution is -2.46. The highest BCUT2D eigenvalue weighted by molar-refractivity contribution is 5.68. The Bertz CT molecular complexity index is 400. The van der Waals surface area contributed by atoms with Gasteiger partial charge in [0.15, 0.2) is 0 Å². The lowest BCUT2D eigenvalue weighted by Gasteiger charge is -2.34. The fourth-order valence-electron chi connectivity index (χ4n) is 3.81. The number of unbranched alkanes of at least 4 members (excludes halogenated alkanes) is 1. The van der Waals surface area contributed by atoms with Crippen LogP contribution in [0.3, 0.4) is 0 Å². The van der Waals surface area contributed by atoms with Crippen LogP contribution in [0.4, 0.5) is 4.79 Å². The summed E-state index contributed by atoms with van der Waals surface area (Å²) in [4.78, 5) is 16.8.